The van der Waals surface area contributed by atoms with Crippen LogP contribution in [-0.2, 0) is 15.5 Å². The van der Waals surface area contributed by atoms with E-state index < -0.39 is 10.8 Å². The lowest BCUT2D eigenvalue weighted by Gasteiger charge is -2.37. The Balaban J connectivity index is 1.79. The summed E-state index contributed by atoms with van der Waals surface area (Å²) in [7, 11) is -1.05. The van der Waals surface area contributed by atoms with Crippen LogP contribution in [0.3, 0.4) is 0 Å². The second-order valence-corrected chi connectivity index (χ2v) is 9.15. The first-order valence-corrected chi connectivity index (χ1v) is 9.93. The van der Waals surface area contributed by atoms with Crippen molar-refractivity contribution in [2.45, 2.75) is 35.0 Å². The maximum absolute atomic E-state index is 12.8. The predicted octanol–water partition coefficient (Wildman–Crippen LogP) is 3.19. The van der Waals surface area contributed by atoms with Gasteiger partial charge in [0.15, 0.2) is 0 Å². The molecule has 3 rings (SSSR count). The number of benzene rings is 1. The van der Waals surface area contributed by atoms with Crippen molar-refractivity contribution < 1.29 is 8.95 Å². The Morgan fingerprint density at radius 3 is 3.05 bits per heavy atom. The summed E-state index contributed by atoms with van der Waals surface area (Å²) in [6, 6.07) is 5.61. The van der Waals surface area contributed by atoms with Gasteiger partial charge in [-0.1, -0.05) is 15.9 Å². The van der Waals surface area contributed by atoms with Gasteiger partial charge in [-0.15, -0.1) is 0 Å². The summed E-state index contributed by atoms with van der Waals surface area (Å²) >= 11 is 5.33. The van der Waals surface area contributed by atoms with Crippen molar-refractivity contribution in [1.29, 1.82) is 0 Å². The van der Waals surface area contributed by atoms with Gasteiger partial charge in [0.1, 0.15) is 0 Å². The summed E-state index contributed by atoms with van der Waals surface area (Å²) in [6.07, 6.45) is 2.83. The van der Waals surface area contributed by atoms with Gasteiger partial charge >= 0.3 is 0 Å². The van der Waals surface area contributed by atoms with Crippen LogP contribution in [0.4, 0.5) is 5.69 Å². The van der Waals surface area contributed by atoms with E-state index in [1.54, 1.807) is 0 Å². The van der Waals surface area contributed by atoms with E-state index in [4.69, 9.17) is 10.5 Å². The van der Waals surface area contributed by atoms with Gasteiger partial charge in [0, 0.05) is 27.8 Å². The van der Waals surface area contributed by atoms with Gasteiger partial charge < -0.3 is 10.5 Å². The number of halogens is 1. The highest BCUT2D eigenvalue weighted by Crippen LogP contribution is 2.40. The molecule has 1 aromatic carbocycles. The lowest BCUT2D eigenvalue weighted by molar-refractivity contribution is -0.0567. The first kappa shape index (κ1) is 14.9. The SMILES string of the molecule is Nc1cc(Br)ccc1S(=O)C1CCOC2(CCSC2)C1. The normalized spacial score (nSPS) is 31.6. The van der Waals surface area contributed by atoms with Crippen LogP contribution >= 0.6 is 27.7 Å². The van der Waals surface area contributed by atoms with Crippen LogP contribution in [0.1, 0.15) is 19.3 Å². The Labute approximate surface area is 134 Å². The van der Waals surface area contributed by atoms with Gasteiger partial charge in [-0.3, -0.25) is 4.21 Å². The first-order chi connectivity index (χ1) is 9.60. The van der Waals surface area contributed by atoms with E-state index >= 15 is 0 Å². The average molecular weight is 376 g/mol. The zero-order valence-corrected chi connectivity index (χ0v) is 14.4. The summed E-state index contributed by atoms with van der Waals surface area (Å²) in [5.74, 6) is 2.19. The monoisotopic (exact) mass is 375 g/mol. The maximum Gasteiger partial charge on any atom is 0.0791 e. The van der Waals surface area contributed by atoms with Crippen LogP contribution in [0.5, 0.6) is 0 Å². The van der Waals surface area contributed by atoms with Crippen molar-refractivity contribution in [1.82, 2.24) is 0 Å². The molecule has 2 saturated heterocycles. The molecule has 20 heavy (non-hydrogen) atoms. The highest BCUT2D eigenvalue weighted by Gasteiger charge is 2.42. The summed E-state index contributed by atoms with van der Waals surface area (Å²) in [6.45, 7) is 0.716. The molecule has 1 spiro atoms. The number of hydrogen-bond donors (Lipinski definition) is 1. The molecule has 0 saturated carbocycles. The van der Waals surface area contributed by atoms with Gasteiger partial charge in [0.25, 0.3) is 0 Å². The van der Waals surface area contributed by atoms with Gasteiger partial charge in [0.2, 0.25) is 0 Å². The molecule has 2 aliphatic rings. The third-order valence-electron chi connectivity index (χ3n) is 4.01. The topological polar surface area (TPSA) is 52.3 Å². The minimum atomic E-state index is -1.05. The van der Waals surface area contributed by atoms with Gasteiger partial charge in [-0.05, 0) is 43.2 Å². The van der Waals surface area contributed by atoms with Crippen LogP contribution in [-0.4, -0.2) is 33.2 Å². The van der Waals surface area contributed by atoms with Crippen molar-refractivity contribution in [2.75, 3.05) is 23.8 Å². The molecule has 6 heteroatoms. The Morgan fingerprint density at radius 2 is 2.35 bits per heavy atom. The third kappa shape index (κ3) is 2.93. The lowest BCUT2D eigenvalue weighted by Crippen LogP contribution is -2.43. The highest BCUT2D eigenvalue weighted by atomic mass is 79.9. The Kier molecular flexibility index (Phi) is 4.45. The molecule has 2 N–H and O–H groups in total. The van der Waals surface area contributed by atoms with Crippen LogP contribution in [0.25, 0.3) is 0 Å². The minimum Gasteiger partial charge on any atom is -0.398 e. The Morgan fingerprint density at radius 1 is 1.50 bits per heavy atom. The highest BCUT2D eigenvalue weighted by molar-refractivity contribution is 9.10. The minimum absolute atomic E-state index is 0.0344. The van der Waals surface area contributed by atoms with E-state index in [9.17, 15) is 4.21 Å². The predicted molar refractivity (Wildman–Crippen MR) is 88.6 cm³/mol. The molecule has 1 aromatic rings. The zero-order chi connectivity index (χ0) is 14.2. The summed E-state index contributed by atoms with van der Waals surface area (Å²) in [5, 5.41) is 0.158. The number of ether oxygens (including phenoxy) is 1. The standard InChI is InChI=1S/C14H18BrNO2S2/c15-10-1-2-13(12(16)7-10)20(17)11-3-5-18-14(8-11)4-6-19-9-14/h1-2,7,11H,3-6,8-9,16H2. The van der Waals surface area contributed by atoms with E-state index in [0.717, 1.165) is 40.1 Å². The lowest BCUT2D eigenvalue weighted by atomic mass is 9.93. The molecule has 0 radical (unpaired) electrons. The van der Waals surface area contributed by atoms with Crippen molar-refractivity contribution in [3.05, 3.63) is 22.7 Å². The van der Waals surface area contributed by atoms with E-state index in [1.807, 2.05) is 30.0 Å². The molecule has 2 heterocycles. The molecule has 2 aliphatic heterocycles. The maximum atomic E-state index is 12.8. The van der Waals surface area contributed by atoms with Crippen LogP contribution < -0.4 is 5.73 Å². The summed E-state index contributed by atoms with van der Waals surface area (Å²) in [5.41, 5.74) is 6.59. The van der Waals surface area contributed by atoms with Crippen molar-refractivity contribution in [3.8, 4) is 0 Å². The van der Waals surface area contributed by atoms with Crippen LogP contribution in [0.2, 0.25) is 0 Å². The number of nitrogens with two attached hydrogens (primary N) is 1. The zero-order valence-electron chi connectivity index (χ0n) is 11.1. The summed E-state index contributed by atoms with van der Waals surface area (Å²) < 4.78 is 19.7. The second-order valence-electron chi connectivity index (χ2n) is 5.43. The number of hydrogen-bond acceptors (Lipinski definition) is 4. The van der Waals surface area contributed by atoms with E-state index in [2.05, 4.69) is 15.9 Å². The molecule has 110 valence electrons. The number of rotatable bonds is 2. The fraction of sp³-hybridized carbons (Fsp3) is 0.571. The van der Waals surface area contributed by atoms with Crippen molar-refractivity contribution in [3.63, 3.8) is 0 Å². The second kappa shape index (κ2) is 5.99. The molecular formula is C14H18BrNO2S2. The van der Waals surface area contributed by atoms with Crippen LogP contribution in [0.15, 0.2) is 27.6 Å². The summed E-state index contributed by atoms with van der Waals surface area (Å²) in [4.78, 5) is 0.765. The smallest absolute Gasteiger partial charge is 0.0791 e. The Hall–Kier alpha value is -0.0400. The number of anilines is 1. The molecule has 0 aliphatic carbocycles. The molecule has 0 aromatic heterocycles. The largest absolute Gasteiger partial charge is 0.398 e. The van der Waals surface area contributed by atoms with Gasteiger partial charge in [-0.25, -0.2) is 0 Å². The molecule has 3 nitrogen and oxygen atoms in total. The molecular weight excluding hydrogens is 358 g/mol. The van der Waals surface area contributed by atoms with E-state index in [0.29, 0.717) is 12.3 Å². The fourth-order valence-electron chi connectivity index (χ4n) is 2.91. The van der Waals surface area contributed by atoms with Gasteiger partial charge in [0.05, 0.1) is 21.3 Å². The first-order valence-electron chi connectivity index (χ1n) is 6.77. The number of nitrogen functional groups attached to an aromatic ring is 1. The molecule has 2 fully saturated rings. The van der Waals surface area contributed by atoms with Crippen molar-refractivity contribution >= 4 is 44.2 Å². The number of thioether (sulfide) groups is 1. The van der Waals surface area contributed by atoms with E-state index in [1.165, 1.54) is 0 Å². The quantitative estimate of drug-likeness (QED) is 0.806. The fourth-order valence-corrected chi connectivity index (χ4v) is 6.29. The molecule has 0 amide bonds. The molecule has 3 unspecified atom stereocenters. The Bertz CT molecular complexity index is 532. The van der Waals surface area contributed by atoms with Crippen molar-refractivity contribution in [2.24, 2.45) is 0 Å². The van der Waals surface area contributed by atoms with Gasteiger partial charge in [-0.2, -0.15) is 11.8 Å². The van der Waals surface area contributed by atoms with Crippen LogP contribution in [0, 0.1) is 0 Å². The van der Waals surface area contributed by atoms with E-state index in [-0.39, 0.29) is 10.9 Å². The molecule has 3 atom stereocenters. The third-order valence-corrected chi connectivity index (χ3v) is 7.54. The average Bonchev–Trinajstić information content (AvgIpc) is 2.86. The molecule has 0 bridgehead atoms.